The Bertz CT molecular complexity index is 1010. The quantitative estimate of drug-likeness (QED) is 0.692. The summed E-state index contributed by atoms with van der Waals surface area (Å²) in [5.41, 5.74) is 2.86. The van der Waals surface area contributed by atoms with Crippen molar-refractivity contribution >= 4 is 11.9 Å². The number of hydrogen-bond acceptors (Lipinski definition) is 4. The number of amides is 3. The number of hydrogen-bond donors (Lipinski definition) is 2. The number of nitrogens with zero attached hydrogens (tertiary/aromatic N) is 2. The minimum atomic E-state index is -0.775. The van der Waals surface area contributed by atoms with E-state index < -0.39 is 5.54 Å². The maximum atomic E-state index is 13.6. The summed E-state index contributed by atoms with van der Waals surface area (Å²) in [6.45, 7) is 5.19. The zero-order chi connectivity index (χ0) is 23.4. The Morgan fingerprint density at radius 1 is 0.941 bits per heavy atom. The number of fused-ring (bicyclic) bond motifs is 1. The van der Waals surface area contributed by atoms with Crippen LogP contribution in [0.15, 0.2) is 48.5 Å². The lowest BCUT2D eigenvalue weighted by molar-refractivity contribution is -0.139. The van der Waals surface area contributed by atoms with Crippen LogP contribution in [0.3, 0.4) is 0 Å². The van der Waals surface area contributed by atoms with Gasteiger partial charge >= 0.3 is 6.03 Å². The van der Waals surface area contributed by atoms with E-state index in [0.717, 1.165) is 56.8 Å². The second-order valence-electron chi connectivity index (χ2n) is 9.69. The van der Waals surface area contributed by atoms with Crippen LogP contribution in [-0.2, 0) is 24.3 Å². The molecule has 0 radical (unpaired) electrons. The monoisotopic (exact) mass is 462 g/mol. The largest absolute Gasteiger partial charge is 0.493 e. The molecule has 7 nitrogen and oxygen atoms in total. The zero-order valence-corrected chi connectivity index (χ0v) is 19.7. The second-order valence-corrected chi connectivity index (χ2v) is 9.69. The van der Waals surface area contributed by atoms with Gasteiger partial charge in [0.25, 0.3) is 0 Å². The molecular formula is C27H34N4O3. The van der Waals surface area contributed by atoms with Gasteiger partial charge in [-0.1, -0.05) is 55.3 Å². The molecular weight excluding hydrogens is 428 g/mol. The molecule has 2 aromatic rings. The van der Waals surface area contributed by atoms with E-state index in [1.54, 1.807) is 0 Å². The van der Waals surface area contributed by atoms with Crippen LogP contribution in [0, 0.1) is 0 Å². The minimum Gasteiger partial charge on any atom is -0.493 e. The number of rotatable bonds is 6. The molecule has 2 heterocycles. The highest BCUT2D eigenvalue weighted by atomic mass is 16.5. The Morgan fingerprint density at radius 3 is 2.47 bits per heavy atom. The fourth-order valence-electron chi connectivity index (χ4n) is 5.42. The van der Waals surface area contributed by atoms with E-state index in [1.807, 2.05) is 35.2 Å². The van der Waals surface area contributed by atoms with Crippen LogP contribution in [0.25, 0.3) is 0 Å². The molecule has 34 heavy (non-hydrogen) atoms. The maximum absolute atomic E-state index is 13.6. The summed E-state index contributed by atoms with van der Waals surface area (Å²) in [6, 6.07) is 16.0. The van der Waals surface area contributed by atoms with E-state index in [1.165, 1.54) is 11.1 Å². The van der Waals surface area contributed by atoms with E-state index in [-0.39, 0.29) is 11.9 Å². The Kier molecular flexibility index (Phi) is 6.72. The molecule has 3 amide bonds. The molecule has 0 bridgehead atoms. The molecule has 2 aromatic carbocycles. The third kappa shape index (κ3) is 5.04. The first kappa shape index (κ1) is 22.7. The Labute approximate surface area is 201 Å². The third-order valence-corrected chi connectivity index (χ3v) is 7.33. The lowest BCUT2D eigenvalue weighted by Crippen LogP contribution is -2.62. The lowest BCUT2D eigenvalue weighted by atomic mass is 9.95. The average Bonchev–Trinajstić information content (AvgIpc) is 3.53. The minimum absolute atomic E-state index is 0.0780. The van der Waals surface area contributed by atoms with Gasteiger partial charge in [-0.05, 0) is 35.6 Å². The Hall–Kier alpha value is -3.06. The number of piperazine rings is 1. The molecule has 2 N–H and O–H groups in total. The van der Waals surface area contributed by atoms with Crippen LogP contribution in [0.1, 0.15) is 42.4 Å². The van der Waals surface area contributed by atoms with Gasteiger partial charge in [0.2, 0.25) is 5.91 Å². The smallest absolute Gasteiger partial charge is 0.315 e. The van der Waals surface area contributed by atoms with Crippen LogP contribution in [0.4, 0.5) is 4.79 Å². The van der Waals surface area contributed by atoms with E-state index in [9.17, 15) is 9.59 Å². The van der Waals surface area contributed by atoms with Crippen LogP contribution in [0.2, 0.25) is 0 Å². The summed E-state index contributed by atoms with van der Waals surface area (Å²) in [5, 5.41) is 5.99. The van der Waals surface area contributed by atoms with Crippen molar-refractivity contribution < 1.29 is 14.3 Å². The molecule has 1 saturated heterocycles. The molecule has 7 heteroatoms. The summed E-state index contributed by atoms with van der Waals surface area (Å²) < 4.78 is 5.61. The van der Waals surface area contributed by atoms with Crippen molar-refractivity contribution in [1.82, 2.24) is 20.4 Å². The highest BCUT2D eigenvalue weighted by molar-refractivity contribution is 5.91. The molecule has 2 fully saturated rings. The summed E-state index contributed by atoms with van der Waals surface area (Å²) in [4.78, 5) is 30.6. The second kappa shape index (κ2) is 10.1. The predicted molar refractivity (Wildman–Crippen MR) is 131 cm³/mol. The van der Waals surface area contributed by atoms with Gasteiger partial charge in [-0.25, -0.2) is 4.79 Å². The zero-order valence-electron chi connectivity index (χ0n) is 19.7. The first-order chi connectivity index (χ1) is 16.6. The number of benzene rings is 2. The summed E-state index contributed by atoms with van der Waals surface area (Å²) in [5.74, 6) is 1.09. The summed E-state index contributed by atoms with van der Waals surface area (Å²) in [6.07, 6.45) is 4.34. The van der Waals surface area contributed by atoms with Crippen molar-refractivity contribution in [2.45, 2.75) is 50.7 Å². The van der Waals surface area contributed by atoms with Crippen LogP contribution >= 0.6 is 0 Å². The maximum Gasteiger partial charge on any atom is 0.315 e. The number of urea groups is 1. The van der Waals surface area contributed by atoms with Crippen LogP contribution < -0.4 is 15.4 Å². The van der Waals surface area contributed by atoms with Crippen molar-refractivity contribution in [1.29, 1.82) is 0 Å². The molecule has 0 spiro atoms. The van der Waals surface area contributed by atoms with Gasteiger partial charge in [-0.2, -0.15) is 0 Å². The van der Waals surface area contributed by atoms with Crippen LogP contribution in [0.5, 0.6) is 5.75 Å². The van der Waals surface area contributed by atoms with Crippen molar-refractivity contribution in [2.24, 2.45) is 0 Å². The molecule has 0 unspecified atom stereocenters. The fourth-order valence-corrected chi connectivity index (χ4v) is 5.42. The molecule has 180 valence electrons. The van der Waals surface area contributed by atoms with Crippen molar-refractivity contribution in [2.75, 3.05) is 32.8 Å². The Morgan fingerprint density at radius 2 is 1.71 bits per heavy atom. The first-order valence-corrected chi connectivity index (χ1v) is 12.5. The molecule has 1 saturated carbocycles. The average molecular weight is 463 g/mol. The molecule has 3 aliphatic rings. The van der Waals surface area contributed by atoms with E-state index in [4.69, 9.17) is 4.74 Å². The van der Waals surface area contributed by atoms with Gasteiger partial charge in [0.1, 0.15) is 11.3 Å². The van der Waals surface area contributed by atoms with Crippen molar-refractivity contribution in [3.8, 4) is 5.75 Å². The normalized spacial score (nSPS) is 19.4. The third-order valence-electron chi connectivity index (χ3n) is 7.33. The topological polar surface area (TPSA) is 73.9 Å². The molecule has 0 atom stereocenters. The predicted octanol–water partition coefficient (Wildman–Crippen LogP) is 3.08. The number of carbonyl (C=O) groups excluding carboxylic acids is 2. The molecule has 1 aliphatic carbocycles. The SMILES string of the molecule is O=C(NCc1ccccc1)NC1(C(=O)N2CCN(Cc3ccc4c(c3)CCO4)CC2)CCCC1. The van der Waals surface area contributed by atoms with E-state index in [2.05, 4.69) is 33.7 Å². The fraction of sp³-hybridized carbons (Fsp3) is 0.481. The molecule has 5 rings (SSSR count). The van der Waals surface area contributed by atoms with E-state index >= 15 is 0 Å². The summed E-state index contributed by atoms with van der Waals surface area (Å²) >= 11 is 0. The summed E-state index contributed by atoms with van der Waals surface area (Å²) in [7, 11) is 0. The molecule has 0 aromatic heterocycles. The number of nitrogens with one attached hydrogen (secondary N) is 2. The lowest BCUT2D eigenvalue weighted by Gasteiger charge is -2.40. The standard InChI is InChI=1S/C27H34N4O3/c32-25(27(11-4-5-12-27)29-26(33)28-19-21-6-2-1-3-7-21)31-15-13-30(14-16-31)20-22-8-9-24-23(18-22)10-17-34-24/h1-3,6-9,18H,4-5,10-17,19-20H2,(H2,28,29,33). The highest BCUT2D eigenvalue weighted by Crippen LogP contribution is 2.32. The Balaban J connectivity index is 1.14. The highest BCUT2D eigenvalue weighted by Gasteiger charge is 2.45. The number of carbonyl (C=O) groups is 2. The molecule has 2 aliphatic heterocycles. The van der Waals surface area contributed by atoms with Crippen molar-refractivity contribution in [3.63, 3.8) is 0 Å². The first-order valence-electron chi connectivity index (χ1n) is 12.5. The number of ether oxygens (including phenoxy) is 1. The van der Waals surface area contributed by atoms with Gasteiger partial charge in [0, 0.05) is 45.7 Å². The van der Waals surface area contributed by atoms with Gasteiger partial charge in [-0.3, -0.25) is 9.69 Å². The van der Waals surface area contributed by atoms with Crippen LogP contribution in [-0.4, -0.2) is 60.1 Å². The van der Waals surface area contributed by atoms with Gasteiger partial charge in [0.05, 0.1) is 6.61 Å². The van der Waals surface area contributed by atoms with Gasteiger partial charge in [-0.15, -0.1) is 0 Å². The van der Waals surface area contributed by atoms with Crippen molar-refractivity contribution in [3.05, 3.63) is 65.2 Å². The van der Waals surface area contributed by atoms with E-state index in [0.29, 0.717) is 32.5 Å². The van der Waals surface area contributed by atoms with Gasteiger partial charge < -0.3 is 20.3 Å². The van der Waals surface area contributed by atoms with Gasteiger partial charge in [0.15, 0.2) is 0 Å².